The third-order valence-corrected chi connectivity index (χ3v) is 5.62. The fraction of sp³-hybridized carbons (Fsp3) is 0.556. The van der Waals surface area contributed by atoms with Crippen LogP contribution in [0.25, 0.3) is 0 Å². The molecule has 3 rings (SSSR count). The largest absolute Gasteiger partial charge is 0.325 e. The molecule has 1 amide bonds. The molecule has 0 radical (unpaired) electrons. The first-order valence-corrected chi connectivity index (χ1v) is 7.71. The summed E-state index contributed by atoms with van der Waals surface area (Å²) in [7, 11) is 0. The average Bonchev–Trinajstić information content (AvgIpc) is 2.93. The third-order valence-electron chi connectivity index (χ3n) is 5.62. The molecule has 0 saturated heterocycles. The minimum atomic E-state index is -0.786. The van der Waals surface area contributed by atoms with Gasteiger partial charge in [-0.3, -0.25) is 9.59 Å². The Morgan fingerprint density at radius 3 is 2.57 bits per heavy atom. The molecule has 2 aliphatic rings. The van der Waals surface area contributed by atoms with Crippen molar-refractivity contribution in [1.82, 2.24) is 0 Å². The van der Waals surface area contributed by atoms with Gasteiger partial charge in [0.05, 0.1) is 0 Å². The van der Waals surface area contributed by atoms with E-state index in [1.165, 1.54) is 5.56 Å². The van der Waals surface area contributed by atoms with Crippen LogP contribution in [0.4, 0.5) is 5.69 Å². The van der Waals surface area contributed by atoms with E-state index in [1.54, 1.807) is 0 Å². The zero-order valence-electron chi connectivity index (χ0n) is 13.2. The fourth-order valence-corrected chi connectivity index (χ4v) is 4.17. The number of Topliss-reactive ketones (excluding diaryl/α,β-unsaturated/α-hetero) is 1. The van der Waals surface area contributed by atoms with Crippen molar-refractivity contribution in [1.29, 1.82) is 0 Å². The SMILES string of the molecule is Cc1ccc(NC(=O)[C@@]23CC[C@H](C2)C(C)(C)C3=O)c(C)c1. The van der Waals surface area contributed by atoms with E-state index in [2.05, 4.69) is 5.32 Å². The van der Waals surface area contributed by atoms with Crippen molar-refractivity contribution >= 4 is 17.4 Å². The first-order valence-electron chi connectivity index (χ1n) is 7.71. The highest BCUT2D eigenvalue weighted by Crippen LogP contribution is 2.60. The van der Waals surface area contributed by atoms with Gasteiger partial charge in [0.2, 0.25) is 5.91 Å². The average molecular weight is 285 g/mol. The standard InChI is InChI=1S/C18H23NO2/c1-11-5-6-14(12(2)9-11)19-16(21)18-8-7-13(10-18)17(3,4)15(18)20/h5-6,9,13H,7-8,10H2,1-4H3,(H,19,21)/t13-,18+/m1/s1. The molecular formula is C18H23NO2. The minimum Gasteiger partial charge on any atom is -0.325 e. The summed E-state index contributed by atoms with van der Waals surface area (Å²) in [4.78, 5) is 25.5. The van der Waals surface area contributed by atoms with Gasteiger partial charge in [0.25, 0.3) is 0 Å². The van der Waals surface area contributed by atoms with Gasteiger partial charge in [-0.2, -0.15) is 0 Å². The Kier molecular flexibility index (Phi) is 3.01. The van der Waals surface area contributed by atoms with Crippen LogP contribution in [0.5, 0.6) is 0 Å². The second kappa shape index (κ2) is 4.43. The summed E-state index contributed by atoms with van der Waals surface area (Å²) in [5, 5.41) is 3.01. The van der Waals surface area contributed by atoms with Crippen LogP contribution in [0.15, 0.2) is 18.2 Å². The number of anilines is 1. The molecular weight excluding hydrogens is 262 g/mol. The molecule has 1 aromatic carbocycles. The molecule has 0 aromatic heterocycles. The quantitative estimate of drug-likeness (QED) is 0.843. The van der Waals surface area contributed by atoms with Crippen LogP contribution >= 0.6 is 0 Å². The normalized spacial score (nSPS) is 29.7. The van der Waals surface area contributed by atoms with Crippen molar-refractivity contribution in [2.75, 3.05) is 5.32 Å². The number of carbonyl (C=O) groups is 2. The molecule has 3 nitrogen and oxygen atoms in total. The molecule has 0 spiro atoms. The van der Waals surface area contributed by atoms with Gasteiger partial charge < -0.3 is 5.32 Å². The van der Waals surface area contributed by atoms with E-state index in [-0.39, 0.29) is 17.1 Å². The number of amides is 1. The van der Waals surface area contributed by atoms with Crippen LogP contribution in [-0.2, 0) is 9.59 Å². The summed E-state index contributed by atoms with van der Waals surface area (Å²) < 4.78 is 0. The predicted octanol–water partition coefficient (Wildman–Crippen LogP) is 3.64. The van der Waals surface area contributed by atoms with Gasteiger partial charge in [0.15, 0.2) is 5.78 Å². The number of ketones is 1. The third kappa shape index (κ3) is 1.94. The predicted molar refractivity (Wildman–Crippen MR) is 83.1 cm³/mol. The first-order chi connectivity index (χ1) is 9.77. The molecule has 3 heteroatoms. The first kappa shape index (κ1) is 14.3. The number of carbonyl (C=O) groups excluding carboxylic acids is 2. The minimum absolute atomic E-state index is 0.104. The summed E-state index contributed by atoms with van der Waals surface area (Å²) in [5.74, 6) is 0.385. The molecule has 2 fully saturated rings. The summed E-state index contributed by atoms with van der Waals surface area (Å²) in [5.41, 5.74) is 1.89. The maximum Gasteiger partial charge on any atom is 0.238 e. The van der Waals surface area contributed by atoms with Crippen LogP contribution in [0.2, 0.25) is 0 Å². The Labute approximate surface area is 126 Å². The van der Waals surface area contributed by atoms with Gasteiger partial charge >= 0.3 is 0 Å². The van der Waals surface area contributed by atoms with E-state index in [0.29, 0.717) is 12.3 Å². The van der Waals surface area contributed by atoms with E-state index in [0.717, 1.165) is 24.1 Å². The number of hydrogen-bond acceptors (Lipinski definition) is 2. The fourth-order valence-electron chi connectivity index (χ4n) is 4.17. The highest BCUT2D eigenvalue weighted by atomic mass is 16.2. The van der Waals surface area contributed by atoms with Crippen LogP contribution in [-0.4, -0.2) is 11.7 Å². The van der Waals surface area contributed by atoms with Crippen LogP contribution in [0.3, 0.4) is 0 Å². The van der Waals surface area contributed by atoms with Crippen LogP contribution < -0.4 is 5.32 Å². The van der Waals surface area contributed by atoms with Crippen molar-refractivity contribution in [3.63, 3.8) is 0 Å². The van der Waals surface area contributed by atoms with Gasteiger partial charge in [0.1, 0.15) is 5.41 Å². The molecule has 21 heavy (non-hydrogen) atoms. The molecule has 1 N–H and O–H groups in total. The van der Waals surface area contributed by atoms with Gasteiger partial charge in [-0.15, -0.1) is 0 Å². The Morgan fingerprint density at radius 2 is 2.00 bits per heavy atom. The van der Waals surface area contributed by atoms with Gasteiger partial charge in [-0.1, -0.05) is 31.5 Å². The molecule has 0 heterocycles. The molecule has 2 saturated carbocycles. The van der Waals surface area contributed by atoms with Gasteiger partial charge in [0, 0.05) is 11.1 Å². The lowest BCUT2D eigenvalue weighted by atomic mass is 9.70. The molecule has 2 atom stereocenters. The second-order valence-corrected chi connectivity index (χ2v) is 7.35. The van der Waals surface area contributed by atoms with Gasteiger partial charge in [-0.25, -0.2) is 0 Å². The molecule has 0 aliphatic heterocycles. The zero-order chi connectivity index (χ0) is 15.4. The van der Waals surface area contributed by atoms with Crippen molar-refractivity contribution < 1.29 is 9.59 Å². The molecule has 0 unspecified atom stereocenters. The topological polar surface area (TPSA) is 46.2 Å². The Morgan fingerprint density at radius 1 is 1.29 bits per heavy atom. The lowest BCUT2D eigenvalue weighted by Gasteiger charge is -2.32. The molecule has 2 bridgehead atoms. The summed E-state index contributed by atoms with van der Waals surface area (Å²) in [6, 6.07) is 5.96. The van der Waals surface area contributed by atoms with Crippen molar-refractivity contribution in [2.45, 2.75) is 47.0 Å². The van der Waals surface area contributed by atoms with Crippen LogP contribution in [0.1, 0.15) is 44.2 Å². The molecule has 2 aliphatic carbocycles. The number of benzene rings is 1. The highest BCUT2D eigenvalue weighted by Gasteiger charge is 2.65. The smallest absolute Gasteiger partial charge is 0.238 e. The van der Waals surface area contributed by atoms with Gasteiger partial charge in [-0.05, 0) is 50.7 Å². The summed E-state index contributed by atoms with van der Waals surface area (Å²) in [6.07, 6.45) is 2.41. The molecule has 112 valence electrons. The molecule has 1 aromatic rings. The van der Waals surface area contributed by atoms with Crippen molar-refractivity contribution in [3.05, 3.63) is 29.3 Å². The summed E-state index contributed by atoms with van der Waals surface area (Å²) >= 11 is 0. The van der Waals surface area contributed by atoms with Crippen molar-refractivity contribution in [3.8, 4) is 0 Å². The Hall–Kier alpha value is -1.64. The Bertz CT molecular complexity index is 632. The number of hydrogen-bond donors (Lipinski definition) is 1. The van der Waals surface area contributed by atoms with Crippen molar-refractivity contribution in [2.24, 2.45) is 16.7 Å². The summed E-state index contributed by atoms with van der Waals surface area (Å²) in [6.45, 7) is 8.00. The second-order valence-electron chi connectivity index (χ2n) is 7.35. The van der Waals surface area contributed by atoms with Crippen LogP contribution in [0, 0.1) is 30.6 Å². The van der Waals surface area contributed by atoms with E-state index >= 15 is 0 Å². The van der Waals surface area contributed by atoms with E-state index in [1.807, 2.05) is 45.9 Å². The highest BCUT2D eigenvalue weighted by molar-refractivity contribution is 6.15. The number of fused-ring (bicyclic) bond motifs is 2. The van der Waals surface area contributed by atoms with E-state index < -0.39 is 5.41 Å². The maximum atomic E-state index is 12.8. The maximum absolute atomic E-state index is 12.8. The zero-order valence-corrected chi connectivity index (χ0v) is 13.2. The Balaban J connectivity index is 1.88. The number of aryl methyl sites for hydroxylation is 2. The van der Waals surface area contributed by atoms with E-state index in [9.17, 15) is 9.59 Å². The number of rotatable bonds is 2. The monoisotopic (exact) mass is 285 g/mol. The lowest BCUT2D eigenvalue weighted by molar-refractivity contribution is -0.142. The lowest BCUT2D eigenvalue weighted by Crippen LogP contribution is -2.44. The van der Waals surface area contributed by atoms with E-state index in [4.69, 9.17) is 0 Å². The number of nitrogens with one attached hydrogen (secondary N) is 1.